The molecule has 1 heterocycles. The molecule has 114 valence electrons. The van der Waals surface area contributed by atoms with Crippen molar-refractivity contribution in [1.82, 2.24) is 9.88 Å². The van der Waals surface area contributed by atoms with Gasteiger partial charge in [-0.1, -0.05) is 5.16 Å². The number of aliphatic hydroxyl groups excluding tert-OH is 1. The molecule has 0 saturated heterocycles. The summed E-state index contributed by atoms with van der Waals surface area (Å²) in [5, 5.41) is 12.7. The standard InChI is InChI=1S/C13H15FN2O4S/c1-8-3-12(5-10(7-17)13(8)14)21(18,19)15-6-11-4-9(2)20-16-11/h3-5,15,17H,6-7H2,1-2H3. The van der Waals surface area contributed by atoms with Gasteiger partial charge in [-0.05, 0) is 31.5 Å². The lowest BCUT2D eigenvalue weighted by Gasteiger charge is -2.09. The van der Waals surface area contributed by atoms with Crippen molar-refractivity contribution in [1.29, 1.82) is 0 Å². The molecule has 0 unspecified atom stereocenters. The summed E-state index contributed by atoms with van der Waals surface area (Å²) in [6.45, 7) is 2.53. The van der Waals surface area contributed by atoms with Crippen LogP contribution in [0.3, 0.4) is 0 Å². The van der Waals surface area contributed by atoms with E-state index < -0.39 is 22.4 Å². The number of benzene rings is 1. The molecule has 0 aliphatic heterocycles. The molecule has 1 aromatic carbocycles. The molecule has 6 nitrogen and oxygen atoms in total. The van der Waals surface area contributed by atoms with Crippen LogP contribution >= 0.6 is 0 Å². The van der Waals surface area contributed by atoms with E-state index in [-0.39, 0.29) is 22.6 Å². The van der Waals surface area contributed by atoms with Crippen LogP contribution in [0.25, 0.3) is 0 Å². The Kier molecular flexibility index (Phi) is 4.40. The first-order valence-corrected chi connectivity index (χ1v) is 7.63. The lowest BCUT2D eigenvalue weighted by Crippen LogP contribution is -2.24. The first-order valence-electron chi connectivity index (χ1n) is 6.15. The van der Waals surface area contributed by atoms with E-state index >= 15 is 0 Å². The molecule has 0 saturated carbocycles. The molecule has 0 atom stereocenters. The molecule has 2 aromatic rings. The monoisotopic (exact) mass is 314 g/mol. The molecule has 0 amide bonds. The van der Waals surface area contributed by atoms with Crippen molar-refractivity contribution in [3.8, 4) is 0 Å². The molecule has 21 heavy (non-hydrogen) atoms. The highest BCUT2D eigenvalue weighted by atomic mass is 32.2. The number of nitrogens with zero attached hydrogens (tertiary/aromatic N) is 1. The van der Waals surface area contributed by atoms with Crippen molar-refractivity contribution in [3.63, 3.8) is 0 Å². The van der Waals surface area contributed by atoms with E-state index in [1.54, 1.807) is 13.0 Å². The van der Waals surface area contributed by atoms with Gasteiger partial charge in [0.1, 0.15) is 11.6 Å². The van der Waals surface area contributed by atoms with Crippen molar-refractivity contribution in [2.45, 2.75) is 31.9 Å². The SMILES string of the molecule is Cc1cc(CNS(=O)(=O)c2cc(C)c(F)c(CO)c2)no1. The molecule has 2 N–H and O–H groups in total. The minimum atomic E-state index is -3.83. The zero-order chi connectivity index (χ0) is 15.6. The highest BCUT2D eigenvalue weighted by Gasteiger charge is 2.18. The predicted octanol–water partition coefficient (Wildman–Crippen LogP) is 1.40. The summed E-state index contributed by atoms with van der Waals surface area (Å²) in [5.74, 6) is -0.0343. The maximum absolute atomic E-state index is 13.6. The zero-order valence-corrected chi connectivity index (χ0v) is 12.4. The van der Waals surface area contributed by atoms with Crippen LogP contribution in [0.15, 0.2) is 27.6 Å². The van der Waals surface area contributed by atoms with E-state index in [1.807, 2.05) is 0 Å². The second-order valence-corrected chi connectivity index (χ2v) is 6.39. The third kappa shape index (κ3) is 3.46. The Morgan fingerprint density at radius 1 is 1.33 bits per heavy atom. The smallest absolute Gasteiger partial charge is 0.240 e. The van der Waals surface area contributed by atoms with E-state index in [0.29, 0.717) is 11.5 Å². The van der Waals surface area contributed by atoms with Crippen molar-refractivity contribution in [3.05, 3.63) is 46.6 Å². The highest BCUT2D eigenvalue weighted by Crippen LogP contribution is 2.19. The quantitative estimate of drug-likeness (QED) is 0.870. The summed E-state index contributed by atoms with van der Waals surface area (Å²) in [4.78, 5) is -0.106. The van der Waals surface area contributed by atoms with Gasteiger partial charge >= 0.3 is 0 Å². The number of aryl methyl sites for hydroxylation is 2. The first-order chi connectivity index (χ1) is 9.83. The molecule has 0 radical (unpaired) electrons. The number of hydrogen-bond donors (Lipinski definition) is 2. The summed E-state index contributed by atoms with van der Waals surface area (Å²) in [7, 11) is -3.83. The minimum Gasteiger partial charge on any atom is -0.392 e. The van der Waals surface area contributed by atoms with Gasteiger partial charge in [-0.2, -0.15) is 0 Å². The van der Waals surface area contributed by atoms with Crippen molar-refractivity contribution >= 4 is 10.0 Å². The molecule has 1 aromatic heterocycles. The predicted molar refractivity (Wildman–Crippen MR) is 72.3 cm³/mol. The normalized spacial score (nSPS) is 11.8. The molecule has 0 aliphatic rings. The fourth-order valence-electron chi connectivity index (χ4n) is 1.83. The van der Waals surface area contributed by atoms with E-state index in [9.17, 15) is 12.8 Å². The third-order valence-electron chi connectivity index (χ3n) is 2.90. The Hall–Kier alpha value is -1.77. The van der Waals surface area contributed by atoms with Crippen molar-refractivity contribution in [2.75, 3.05) is 0 Å². The van der Waals surface area contributed by atoms with Crippen LogP contribution in [0.5, 0.6) is 0 Å². The lowest BCUT2D eigenvalue weighted by atomic mass is 10.1. The van der Waals surface area contributed by atoms with Gasteiger partial charge in [-0.25, -0.2) is 17.5 Å². The molecule has 0 bridgehead atoms. The summed E-state index contributed by atoms with van der Waals surface area (Å²) in [6, 6.07) is 3.93. The number of aliphatic hydroxyl groups is 1. The van der Waals surface area contributed by atoms with Gasteiger partial charge in [0.25, 0.3) is 0 Å². The topological polar surface area (TPSA) is 92.4 Å². The van der Waals surface area contributed by atoms with Crippen LogP contribution in [0.4, 0.5) is 4.39 Å². The second kappa shape index (κ2) is 5.92. The molecule has 2 rings (SSSR count). The molecule has 8 heteroatoms. The van der Waals surface area contributed by atoms with Gasteiger partial charge in [-0.3, -0.25) is 0 Å². The summed E-state index contributed by atoms with van der Waals surface area (Å²) >= 11 is 0. The van der Waals surface area contributed by atoms with Gasteiger partial charge < -0.3 is 9.63 Å². The average molecular weight is 314 g/mol. The maximum atomic E-state index is 13.6. The number of sulfonamides is 1. The van der Waals surface area contributed by atoms with E-state index in [1.165, 1.54) is 13.0 Å². The average Bonchev–Trinajstić information content (AvgIpc) is 2.85. The van der Waals surface area contributed by atoms with Crippen LogP contribution < -0.4 is 4.72 Å². The van der Waals surface area contributed by atoms with Gasteiger partial charge in [-0.15, -0.1) is 0 Å². The Morgan fingerprint density at radius 3 is 2.62 bits per heavy atom. The fourth-order valence-corrected chi connectivity index (χ4v) is 2.96. The van der Waals surface area contributed by atoms with Crippen LogP contribution in [0, 0.1) is 19.7 Å². The first kappa shape index (κ1) is 15.6. The number of aromatic nitrogens is 1. The maximum Gasteiger partial charge on any atom is 0.240 e. The molecular formula is C13H15FN2O4S. The van der Waals surface area contributed by atoms with Crippen LogP contribution in [-0.4, -0.2) is 18.7 Å². The summed E-state index contributed by atoms with van der Waals surface area (Å²) in [5.41, 5.74) is 0.532. The Labute approximate surface area is 121 Å². The number of nitrogens with one attached hydrogen (secondary N) is 1. The zero-order valence-electron chi connectivity index (χ0n) is 11.6. The summed E-state index contributed by atoms with van der Waals surface area (Å²) in [6.07, 6.45) is 0. The number of rotatable bonds is 5. The largest absolute Gasteiger partial charge is 0.392 e. The van der Waals surface area contributed by atoms with Crippen LogP contribution in [0.2, 0.25) is 0 Å². The molecular weight excluding hydrogens is 299 g/mol. The van der Waals surface area contributed by atoms with Gasteiger partial charge in [0.15, 0.2) is 0 Å². The summed E-state index contributed by atoms with van der Waals surface area (Å²) < 4.78 is 45.2. The van der Waals surface area contributed by atoms with Crippen LogP contribution in [-0.2, 0) is 23.2 Å². The van der Waals surface area contributed by atoms with Crippen molar-refractivity contribution < 1.29 is 22.4 Å². The van der Waals surface area contributed by atoms with Gasteiger partial charge in [0.2, 0.25) is 10.0 Å². The fraction of sp³-hybridized carbons (Fsp3) is 0.308. The van der Waals surface area contributed by atoms with Gasteiger partial charge in [0, 0.05) is 11.6 Å². The Morgan fingerprint density at radius 2 is 2.05 bits per heavy atom. The van der Waals surface area contributed by atoms with E-state index in [2.05, 4.69) is 9.88 Å². The second-order valence-electron chi connectivity index (χ2n) is 4.62. The minimum absolute atomic E-state index is 0.0371. The van der Waals surface area contributed by atoms with Crippen LogP contribution in [0.1, 0.15) is 22.6 Å². The Bertz CT molecular complexity index is 756. The molecule has 0 aliphatic carbocycles. The highest BCUT2D eigenvalue weighted by molar-refractivity contribution is 7.89. The number of halogens is 1. The number of hydrogen-bond acceptors (Lipinski definition) is 5. The van der Waals surface area contributed by atoms with Crippen molar-refractivity contribution in [2.24, 2.45) is 0 Å². The van der Waals surface area contributed by atoms with Gasteiger partial charge in [0.05, 0.1) is 23.7 Å². The lowest BCUT2D eigenvalue weighted by molar-refractivity contribution is 0.275. The third-order valence-corrected chi connectivity index (χ3v) is 4.28. The van der Waals surface area contributed by atoms with E-state index in [4.69, 9.17) is 9.63 Å². The van der Waals surface area contributed by atoms with E-state index in [0.717, 1.165) is 6.07 Å². The molecule has 0 fully saturated rings. The molecule has 0 spiro atoms. The Balaban J connectivity index is 2.25.